The van der Waals surface area contributed by atoms with Gasteiger partial charge in [0.15, 0.2) is 5.78 Å². The minimum atomic E-state index is -0.686. The van der Waals surface area contributed by atoms with Crippen LogP contribution in [0.15, 0.2) is 78.9 Å². The molecule has 0 aromatic heterocycles. The van der Waals surface area contributed by atoms with Gasteiger partial charge in [-0.15, -0.1) is 0 Å². The van der Waals surface area contributed by atoms with Crippen LogP contribution < -0.4 is 15.4 Å². The zero-order chi connectivity index (χ0) is 28.2. The normalized spacial score (nSPS) is 13.2. The van der Waals surface area contributed by atoms with Crippen molar-refractivity contribution in [1.29, 1.82) is 0 Å². The Bertz CT molecular complexity index is 1260. The van der Waals surface area contributed by atoms with Crippen molar-refractivity contribution < 1.29 is 23.9 Å². The molecule has 0 radical (unpaired) electrons. The number of hydrogen-bond donors (Lipinski definition) is 2. The molecule has 1 amide bonds. The van der Waals surface area contributed by atoms with Gasteiger partial charge in [-0.3, -0.25) is 9.59 Å². The van der Waals surface area contributed by atoms with E-state index in [1.54, 1.807) is 30.3 Å². The highest BCUT2D eigenvalue weighted by molar-refractivity contribution is 6.12. The van der Waals surface area contributed by atoms with Crippen LogP contribution in [0.4, 0.5) is 5.69 Å². The molecule has 0 unspecified atom stereocenters. The maximum Gasteiger partial charge on any atom is 0.328 e. The van der Waals surface area contributed by atoms with Crippen LogP contribution in [0.25, 0.3) is 0 Å². The van der Waals surface area contributed by atoms with Crippen LogP contribution in [0.5, 0.6) is 5.75 Å². The number of hydrogen-bond acceptors (Lipinski definition) is 6. The SMILES string of the molecule is COC(=O)[C@H](Cc1ccc(OCCCNC(=O)CCCC2CC2)cc1)Nc1ccccc1C(=O)c1ccccc1. The maximum absolute atomic E-state index is 13.1. The first kappa shape index (κ1) is 28.9. The van der Waals surface area contributed by atoms with Gasteiger partial charge in [-0.25, -0.2) is 4.79 Å². The van der Waals surface area contributed by atoms with Crippen molar-refractivity contribution in [2.75, 3.05) is 25.6 Å². The average Bonchev–Trinajstić information content (AvgIpc) is 3.82. The van der Waals surface area contributed by atoms with Crippen molar-refractivity contribution in [1.82, 2.24) is 5.32 Å². The van der Waals surface area contributed by atoms with E-state index in [1.165, 1.54) is 26.4 Å². The Morgan fingerprint density at radius 2 is 1.62 bits per heavy atom. The van der Waals surface area contributed by atoms with Gasteiger partial charge in [-0.2, -0.15) is 0 Å². The van der Waals surface area contributed by atoms with Gasteiger partial charge >= 0.3 is 5.97 Å². The van der Waals surface area contributed by atoms with Crippen LogP contribution in [0.2, 0.25) is 0 Å². The summed E-state index contributed by atoms with van der Waals surface area (Å²) in [7, 11) is 1.35. The summed E-state index contributed by atoms with van der Waals surface area (Å²) in [5, 5.41) is 6.19. The number of esters is 1. The van der Waals surface area contributed by atoms with E-state index >= 15 is 0 Å². The molecule has 0 heterocycles. The van der Waals surface area contributed by atoms with E-state index in [0.29, 0.717) is 42.8 Å². The number of ether oxygens (including phenoxy) is 2. The summed E-state index contributed by atoms with van der Waals surface area (Å²) in [6, 6.07) is 23.1. The average molecular weight is 543 g/mol. The van der Waals surface area contributed by atoms with Crippen LogP contribution in [-0.2, 0) is 20.7 Å². The summed E-state index contributed by atoms with van der Waals surface area (Å²) >= 11 is 0. The highest BCUT2D eigenvalue weighted by Crippen LogP contribution is 2.33. The third-order valence-electron chi connectivity index (χ3n) is 7.01. The van der Waals surface area contributed by atoms with Gasteiger partial charge in [0.25, 0.3) is 0 Å². The molecule has 4 rings (SSSR count). The number of benzene rings is 3. The smallest absolute Gasteiger partial charge is 0.328 e. The molecule has 0 spiro atoms. The quantitative estimate of drug-likeness (QED) is 0.139. The first-order chi connectivity index (χ1) is 19.5. The van der Waals surface area contributed by atoms with Crippen molar-refractivity contribution >= 4 is 23.3 Å². The van der Waals surface area contributed by atoms with Gasteiger partial charge in [0.1, 0.15) is 11.8 Å². The van der Waals surface area contributed by atoms with Gasteiger partial charge in [0, 0.05) is 36.2 Å². The molecular formula is C33H38N2O5. The fraction of sp³-hybridized carbons (Fsp3) is 0.364. The van der Waals surface area contributed by atoms with E-state index in [9.17, 15) is 14.4 Å². The molecular weight excluding hydrogens is 504 g/mol. The minimum absolute atomic E-state index is 0.117. The molecule has 40 heavy (non-hydrogen) atoms. The van der Waals surface area contributed by atoms with Crippen molar-refractivity contribution in [3.63, 3.8) is 0 Å². The van der Waals surface area contributed by atoms with Crippen molar-refractivity contribution in [2.24, 2.45) is 5.92 Å². The second-order valence-electron chi connectivity index (χ2n) is 10.2. The van der Waals surface area contributed by atoms with Gasteiger partial charge in [0.05, 0.1) is 13.7 Å². The molecule has 0 saturated heterocycles. The van der Waals surface area contributed by atoms with Gasteiger partial charge in [-0.05, 0) is 55.0 Å². The van der Waals surface area contributed by atoms with E-state index in [-0.39, 0.29) is 11.7 Å². The summed E-state index contributed by atoms with van der Waals surface area (Å²) in [5.74, 6) is 1.16. The van der Waals surface area contributed by atoms with Crippen LogP contribution in [0.1, 0.15) is 60.0 Å². The topological polar surface area (TPSA) is 93.7 Å². The molecule has 2 N–H and O–H groups in total. The highest BCUT2D eigenvalue weighted by atomic mass is 16.5. The lowest BCUT2D eigenvalue weighted by atomic mass is 10.00. The fourth-order valence-corrected chi connectivity index (χ4v) is 4.57. The molecule has 1 fully saturated rings. The first-order valence-electron chi connectivity index (χ1n) is 14.0. The van der Waals surface area contributed by atoms with Crippen molar-refractivity contribution in [3.05, 3.63) is 95.6 Å². The molecule has 1 aliphatic rings. The van der Waals surface area contributed by atoms with E-state index in [2.05, 4.69) is 10.6 Å². The molecule has 7 heteroatoms. The van der Waals surface area contributed by atoms with Crippen LogP contribution >= 0.6 is 0 Å². The molecule has 1 aliphatic carbocycles. The van der Waals surface area contributed by atoms with E-state index < -0.39 is 12.0 Å². The number of amides is 1. The molecule has 0 aliphatic heterocycles. The lowest BCUT2D eigenvalue weighted by Gasteiger charge is -2.20. The number of ketones is 1. The van der Waals surface area contributed by atoms with Crippen molar-refractivity contribution in [2.45, 2.75) is 51.0 Å². The molecule has 1 atom stereocenters. The Balaban J connectivity index is 1.27. The highest BCUT2D eigenvalue weighted by Gasteiger charge is 2.23. The molecule has 3 aromatic carbocycles. The van der Waals surface area contributed by atoms with E-state index in [4.69, 9.17) is 9.47 Å². The van der Waals surface area contributed by atoms with Crippen LogP contribution in [0, 0.1) is 5.92 Å². The number of para-hydroxylation sites is 1. The lowest BCUT2D eigenvalue weighted by Crippen LogP contribution is -2.33. The third kappa shape index (κ3) is 8.97. The monoisotopic (exact) mass is 542 g/mol. The predicted octanol–water partition coefficient (Wildman–Crippen LogP) is 5.58. The van der Waals surface area contributed by atoms with Crippen LogP contribution in [-0.4, -0.2) is 44.0 Å². The summed E-state index contributed by atoms with van der Waals surface area (Å²) in [6.45, 7) is 1.10. The Morgan fingerprint density at radius 3 is 2.35 bits per heavy atom. The lowest BCUT2D eigenvalue weighted by molar-refractivity contribution is -0.141. The Kier molecular flexibility index (Phi) is 10.7. The number of carbonyl (C=O) groups is 3. The summed E-state index contributed by atoms with van der Waals surface area (Å²) in [4.78, 5) is 37.7. The number of methoxy groups -OCH3 is 1. The third-order valence-corrected chi connectivity index (χ3v) is 7.01. The minimum Gasteiger partial charge on any atom is -0.494 e. The maximum atomic E-state index is 13.1. The summed E-state index contributed by atoms with van der Waals surface area (Å²) < 4.78 is 10.9. The molecule has 3 aromatic rings. The number of rotatable bonds is 16. The number of nitrogens with one attached hydrogen (secondary N) is 2. The Hall–Kier alpha value is -4.13. The van der Waals surface area contributed by atoms with Crippen LogP contribution in [0.3, 0.4) is 0 Å². The Labute approximate surface area is 236 Å². The molecule has 1 saturated carbocycles. The largest absolute Gasteiger partial charge is 0.494 e. The van der Waals surface area contributed by atoms with Crippen molar-refractivity contribution in [3.8, 4) is 5.75 Å². The fourth-order valence-electron chi connectivity index (χ4n) is 4.57. The second-order valence-corrected chi connectivity index (χ2v) is 10.2. The van der Waals surface area contributed by atoms with Gasteiger partial charge < -0.3 is 20.1 Å². The first-order valence-corrected chi connectivity index (χ1v) is 14.0. The summed E-state index contributed by atoms with van der Waals surface area (Å²) in [6.07, 6.45) is 6.51. The summed E-state index contributed by atoms with van der Waals surface area (Å²) in [5.41, 5.74) is 2.55. The number of carbonyl (C=O) groups excluding carboxylic acids is 3. The second kappa shape index (κ2) is 14.9. The predicted molar refractivity (Wildman–Crippen MR) is 156 cm³/mol. The zero-order valence-corrected chi connectivity index (χ0v) is 23.1. The Morgan fingerprint density at radius 1 is 0.900 bits per heavy atom. The van der Waals surface area contributed by atoms with Gasteiger partial charge in [0.2, 0.25) is 5.91 Å². The van der Waals surface area contributed by atoms with E-state index in [1.807, 2.05) is 48.5 Å². The molecule has 7 nitrogen and oxygen atoms in total. The van der Waals surface area contributed by atoms with E-state index in [0.717, 1.165) is 30.1 Å². The zero-order valence-electron chi connectivity index (χ0n) is 23.1. The molecule has 0 bridgehead atoms. The van der Waals surface area contributed by atoms with Gasteiger partial charge in [-0.1, -0.05) is 67.4 Å². The number of anilines is 1. The molecule has 210 valence electrons. The standard InChI is InChI=1S/C33H38N2O5/c1-39-33(38)30(35-29-13-6-5-12-28(29)32(37)26-10-3-2-4-11-26)23-25-17-19-27(20-18-25)40-22-8-21-34-31(36)14-7-9-24-15-16-24/h2-6,10-13,17-20,24,30,35H,7-9,14-16,21-23H2,1H3,(H,34,36)/t30-/m0/s1.